The molecular weight excluding hydrogens is 674 g/mol. The normalized spacial score (nSPS) is 13.3. The van der Waals surface area contributed by atoms with Gasteiger partial charge in [-0.1, -0.05) is 181 Å². The summed E-state index contributed by atoms with van der Waals surface area (Å²) in [6, 6.07) is 68.8. The number of aromatic nitrogens is 2. The van der Waals surface area contributed by atoms with Gasteiger partial charge in [0.2, 0.25) is 13.4 Å². The molecule has 4 heteroatoms. The van der Waals surface area contributed by atoms with Crippen LogP contribution in [-0.2, 0) is 0 Å². The number of hydrogen-bond acceptors (Lipinski definition) is 0. The van der Waals surface area contributed by atoms with Crippen molar-refractivity contribution in [3.8, 4) is 11.4 Å². The molecule has 0 saturated carbocycles. The van der Waals surface area contributed by atoms with Gasteiger partial charge in [0, 0.05) is 54.7 Å². The molecule has 0 unspecified atom stereocenters. The second-order valence-corrected chi connectivity index (χ2v) is 15.9. The van der Waals surface area contributed by atoms with Crippen molar-refractivity contribution in [2.24, 2.45) is 0 Å². The van der Waals surface area contributed by atoms with Gasteiger partial charge < -0.3 is 9.13 Å². The van der Waals surface area contributed by atoms with Crippen molar-refractivity contribution in [2.75, 3.05) is 0 Å². The highest BCUT2D eigenvalue weighted by Crippen LogP contribution is 2.44. The molecule has 0 bridgehead atoms. The van der Waals surface area contributed by atoms with Gasteiger partial charge in [-0.15, -0.1) is 0 Å². The molecule has 0 spiro atoms. The van der Waals surface area contributed by atoms with Crippen LogP contribution in [0, 0.1) is 0 Å². The summed E-state index contributed by atoms with van der Waals surface area (Å²) in [7, 11) is 0. The molecule has 0 atom stereocenters. The van der Waals surface area contributed by atoms with Gasteiger partial charge in [0.15, 0.2) is 0 Å². The Bertz CT molecular complexity index is 3410. The zero-order valence-electron chi connectivity index (χ0n) is 30.4. The Kier molecular flexibility index (Phi) is 5.44. The van der Waals surface area contributed by atoms with Gasteiger partial charge >= 0.3 is 0 Å². The Labute approximate surface area is 323 Å². The Morgan fingerprint density at radius 3 is 1.18 bits per heavy atom. The average molecular weight is 704 g/mol. The largest absolute Gasteiger partial charge is 0.310 e. The molecule has 4 heterocycles. The summed E-state index contributed by atoms with van der Waals surface area (Å²) in [6.45, 7) is 0.230. The third-order valence-corrected chi connectivity index (χ3v) is 13.3. The van der Waals surface area contributed by atoms with E-state index in [0.29, 0.717) is 0 Å². The van der Waals surface area contributed by atoms with Crippen molar-refractivity contribution in [1.29, 1.82) is 0 Å². The van der Waals surface area contributed by atoms with E-state index in [1.165, 1.54) is 120 Å². The first-order valence-corrected chi connectivity index (χ1v) is 19.8. The highest BCUT2D eigenvalue weighted by atomic mass is 15.0. The van der Waals surface area contributed by atoms with Crippen molar-refractivity contribution in [1.82, 2.24) is 9.13 Å². The van der Waals surface area contributed by atoms with E-state index in [0.717, 1.165) is 0 Å². The topological polar surface area (TPSA) is 9.86 Å². The predicted molar refractivity (Wildman–Crippen MR) is 241 cm³/mol. The summed E-state index contributed by atoms with van der Waals surface area (Å²) in [6.07, 6.45) is 0. The number of hydrogen-bond donors (Lipinski definition) is 0. The smallest absolute Gasteiger partial charge is 0.246 e. The summed E-state index contributed by atoms with van der Waals surface area (Å²) in [5.74, 6) is 0. The number of benzene rings is 10. The number of nitrogens with zero attached hydrogens (tertiary/aromatic N) is 2. The van der Waals surface area contributed by atoms with Crippen LogP contribution in [0.15, 0.2) is 182 Å². The van der Waals surface area contributed by atoms with Gasteiger partial charge in [-0.3, -0.25) is 0 Å². The SMILES string of the molecule is c1ccc(B2c3cc4ccc5c6c(cc7ccc(c3-n3c8ccccc8c8cccc2c83)c4c75)B(c2ccccc2)c2cccc3c4ccccc4n-6c23)cc1. The molecular formula is C52H30B2N2. The van der Waals surface area contributed by atoms with Crippen LogP contribution in [0.3, 0.4) is 0 Å². The molecule has 0 saturated heterocycles. The lowest BCUT2D eigenvalue weighted by molar-refractivity contribution is 1.21. The standard InChI is InChI=1S/C52H30B2N2/c1-3-13-33(14-4-1)53-41-21-11-19-37-35-17-7-9-23-45(35)55(49(37)41)51-39-27-26-32-30-44-52(40-28-25-31(29-43(51)53)47(39)48(32)40)56-46-24-10-8-18-36(46)38-20-12-22-42(50(38)56)54(44)34-15-5-2-6-16-34/h1-30H. The maximum Gasteiger partial charge on any atom is 0.246 e. The maximum atomic E-state index is 2.60. The van der Waals surface area contributed by atoms with Crippen LogP contribution in [0.5, 0.6) is 0 Å². The Balaban J connectivity index is 1.17. The first-order valence-electron chi connectivity index (χ1n) is 19.8. The third kappa shape index (κ3) is 3.48. The Morgan fingerprint density at radius 1 is 0.304 bits per heavy atom. The fourth-order valence-corrected chi connectivity index (χ4v) is 11.3. The molecule has 56 heavy (non-hydrogen) atoms. The fraction of sp³-hybridized carbons (Fsp3) is 0. The second-order valence-electron chi connectivity index (χ2n) is 15.9. The second kappa shape index (κ2) is 10.4. The average Bonchev–Trinajstić information content (AvgIpc) is 3.78. The van der Waals surface area contributed by atoms with Gasteiger partial charge in [0.05, 0.1) is 11.0 Å². The van der Waals surface area contributed by atoms with E-state index < -0.39 is 0 Å². The van der Waals surface area contributed by atoms with E-state index in [2.05, 4.69) is 191 Å². The van der Waals surface area contributed by atoms with E-state index in [9.17, 15) is 0 Å². The van der Waals surface area contributed by atoms with E-state index in [1.54, 1.807) is 0 Å². The molecule has 14 rings (SSSR count). The molecule has 0 amide bonds. The summed E-state index contributed by atoms with van der Waals surface area (Å²) in [5, 5.41) is 13.2. The molecule has 0 fully saturated rings. The molecule has 12 aromatic rings. The first-order chi connectivity index (χ1) is 27.8. The summed E-state index contributed by atoms with van der Waals surface area (Å²) < 4.78 is 5.20. The predicted octanol–water partition coefficient (Wildman–Crippen LogP) is 8.44. The maximum absolute atomic E-state index is 2.60. The van der Waals surface area contributed by atoms with Gasteiger partial charge in [-0.2, -0.15) is 0 Å². The molecule has 254 valence electrons. The van der Waals surface area contributed by atoms with Crippen molar-refractivity contribution < 1.29 is 0 Å². The monoisotopic (exact) mass is 704 g/mol. The van der Waals surface area contributed by atoms with Crippen LogP contribution in [0.4, 0.5) is 0 Å². The van der Waals surface area contributed by atoms with Gasteiger partial charge in [0.25, 0.3) is 0 Å². The molecule has 2 nitrogen and oxygen atoms in total. The van der Waals surface area contributed by atoms with E-state index in [1.807, 2.05) is 0 Å². The van der Waals surface area contributed by atoms with Crippen LogP contribution in [0.2, 0.25) is 0 Å². The minimum absolute atomic E-state index is 0.115. The van der Waals surface area contributed by atoms with Crippen molar-refractivity contribution in [2.45, 2.75) is 0 Å². The third-order valence-electron chi connectivity index (χ3n) is 13.3. The molecule has 0 radical (unpaired) electrons. The van der Waals surface area contributed by atoms with Gasteiger partial charge in [-0.25, -0.2) is 0 Å². The minimum Gasteiger partial charge on any atom is -0.310 e. The highest BCUT2D eigenvalue weighted by Gasteiger charge is 2.38. The number of fused-ring (bicyclic) bond motifs is 12. The van der Waals surface area contributed by atoms with Crippen LogP contribution >= 0.6 is 0 Å². The molecule has 10 aromatic carbocycles. The Hall–Kier alpha value is -7.03. The van der Waals surface area contributed by atoms with Crippen molar-refractivity contribution in [3.05, 3.63) is 182 Å². The lowest BCUT2D eigenvalue weighted by Gasteiger charge is -2.31. The number of para-hydroxylation sites is 4. The van der Waals surface area contributed by atoms with E-state index in [4.69, 9.17) is 0 Å². The number of rotatable bonds is 2. The zero-order chi connectivity index (χ0) is 36.2. The summed E-state index contributed by atoms with van der Waals surface area (Å²) in [5.41, 5.74) is 15.9. The highest BCUT2D eigenvalue weighted by molar-refractivity contribution is 6.99. The summed E-state index contributed by atoms with van der Waals surface area (Å²) in [4.78, 5) is 0. The quantitative estimate of drug-likeness (QED) is 0.126. The summed E-state index contributed by atoms with van der Waals surface area (Å²) >= 11 is 0. The Morgan fingerprint density at radius 2 is 0.714 bits per heavy atom. The minimum atomic E-state index is 0.115. The van der Waals surface area contributed by atoms with Crippen LogP contribution in [-0.4, -0.2) is 22.6 Å². The lowest BCUT2D eigenvalue weighted by Crippen LogP contribution is -2.56. The van der Waals surface area contributed by atoms with Gasteiger partial charge in [0.1, 0.15) is 0 Å². The van der Waals surface area contributed by atoms with Crippen LogP contribution in [0.25, 0.3) is 87.3 Å². The molecule has 2 aliphatic rings. The van der Waals surface area contributed by atoms with Crippen molar-refractivity contribution >= 4 is 122 Å². The van der Waals surface area contributed by atoms with E-state index >= 15 is 0 Å². The first kappa shape index (κ1) is 29.3. The zero-order valence-corrected chi connectivity index (χ0v) is 30.4. The van der Waals surface area contributed by atoms with Crippen LogP contribution in [0.1, 0.15) is 0 Å². The molecule has 0 aliphatic carbocycles. The lowest BCUT2D eigenvalue weighted by atomic mass is 9.35. The van der Waals surface area contributed by atoms with Gasteiger partial charge in [-0.05, 0) is 55.5 Å². The molecule has 2 aliphatic heterocycles. The van der Waals surface area contributed by atoms with Crippen molar-refractivity contribution in [3.63, 3.8) is 0 Å². The fourth-order valence-electron chi connectivity index (χ4n) is 11.3. The molecule has 2 aromatic heterocycles. The van der Waals surface area contributed by atoms with Crippen LogP contribution < -0.4 is 32.8 Å². The van der Waals surface area contributed by atoms with E-state index in [-0.39, 0.29) is 13.4 Å². The molecule has 0 N–H and O–H groups in total.